The fraction of sp³-hybridized carbons (Fsp3) is 1.00. The van der Waals surface area contributed by atoms with Crippen LogP contribution >= 0.6 is 0 Å². The van der Waals surface area contributed by atoms with Crippen LogP contribution in [0.1, 0.15) is 39.5 Å². The highest BCUT2D eigenvalue weighted by Gasteiger charge is 2.17. The molecule has 0 aromatic heterocycles. The Morgan fingerprint density at radius 3 is 2.77 bits per heavy atom. The molecule has 2 heteroatoms. The Kier molecular flexibility index (Phi) is 5.40. The van der Waals surface area contributed by atoms with Crippen LogP contribution in [-0.4, -0.2) is 37.1 Å². The molecule has 1 heterocycles. The van der Waals surface area contributed by atoms with E-state index in [4.69, 9.17) is 0 Å². The van der Waals surface area contributed by atoms with E-state index in [1.54, 1.807) is 0 Å². The summed E-state index contributed by atoms with van der Waals surface area (Å²) in [6.45, 7) is 9.50. The predicted octanol–water partition coefficient (Wildman–Crippen LogP) is 1.86. The summed E-state index contributed by atoms with van der Waals surface area (Å²) in [5.74, 6) is 0. The van der Waals surface area contributed by atoms with E-state index in [2.05, 4.69) is 24.1 Å². The monoisotopic (exact) mass is 184 g/mol. The molecule has 1 rings (SSSR count). The van der Waals surface area contributed by atoms with Gasteiger partial charge in [-0.3, -0.25) is 0 Å². The van der Waals surface area contributed by atoms with Gasteiger partial charge in [-0.05, 0) is 51.9 Å². The summed E-state index contributed by atoms with van der Waals surface area (Å²) in [5.41, 5.74) is 0. The van der Waals surface area contributed by atoms with Crippen molar-refractivity contribution in [3.8, 4) is 0 Å². The molecule has 0 aliphatic carbocycles. The van der Waals surface area contributed by atoms with E-state index < -0.39 is 0 Å². The highest BCUT2D eigenvalue weighted by molar-refractivity contribution is 4.75. The quantitative estimate of drug-likeness (QED) is 0.717. The Labute approximate surface area is 82.7 Å². The summed E-state index contributed by atoms with van der Waals surface area (Å²) < 4.78 is 0. The maximum absolute atomic E-state index is 3.47. The average Bonchev–Trinajstić information content (AvgIpc) is 2.42. The van der Waals surface area contributed by atoms with E-state index in [0.29, 0.717) is 0 Å². The SMILES string of the molecule is CCCN(CC)C1CCCNCC1. The predicted molar refractivity (Wildman–Crippen MR) is 58.0 cm³/mol. The Morgan fingerprint density at radius 1 is 1.23 bits per heavy atom. The maximum Gasteiger partial charge on any atom is 0.0108 e. The zero-order valence-electron chi connectivity index (χ0n) is 9.18. The van der Waals surface area contributed by atoms with Gasteiger partial charge >= 0.3 is 0 Å². The second-order valence-electron chi connectivity index (χ2n) is 3.96. The molecule has 1 aliphatic rings. The van der Waals surface area contributed by atoms with E-state index in [1.165, 1.54) is 51.9 Å². The third kappa shape index (κ3) is 3.65. The van der Waals surface area contributed by atoms with Gasteiger partial charge in [0.1, 0.15) is 0 Å². The third-order valence-electron chi connectivity index (χ3n) is 2.98. The highest BCUT2D eigenvalue weighted by atomic mass is 15.1. The van der Waals surface area contributed by atoms with Crippen LogP contribution in [0.3, 0.4) is 0 Å². The molecular weight excluding hydrogens is 160 g/mol. The maximum atomic E-state index is 3.47. The van der Waals surface area contributed by atoms with Gasteiger partial charge in [0.25, 0.3) is 0 Å². The van der Waals surface area contributed by atoms with Gasteiger partial charge in [-0.2, -0.15) is 0 Å². The molecule has 1 saturated heterocycles. The second-order valence-corrected chi connectivity index (χ2v) is 3.96. The molecule has 0 radical (unpaired) electrons. The average molecular weight is 184 g/mol. The minimum absolute atomic E-state index is 0.847. The Bertz CT molecular complexity index is 117. The van der Waals surface area contributed by atoms with E-state index in [1.807, 2.05) is 0 Å². The van der Waals surface area contributed by atoms with E-state index in [0.717, 1.165) is 6.04 Å². The van der Waals surface area contributed by atoms with Gasteiger partial charge in [0, 0.05) is 6.04 Å². The Morgan fingerprint density at radius 2 is 2.08 bits per heavy atom. The fourth-order valence-corrected chi connectivity index (χ4v) is 2.25. The molecule has 0 saturated carbocycles. The first kappa shape index (κ1) is 11.0. The van der Waals surface area contributed by atoms with Crippen LogP contribution in [0, 0.1) is 0 Å². The van der Waals surface area contributed by atoms with E-state index in [-0.39, 0.29) is 0 Å². The lowest BCUT2D eigenvalue weighted by molar-refractivity contribution is 0.191. The molecular formula is C11H24N2. The molecule has 13 heavy (non-hydrogen) atoms. The van der Waals surface area contributed by atoms with E-state index >= 15 is 0 Å². The number of hydrogen-bond acceptors (Lipinski definition) is 2. The summed E-state index contributed by atoms with van der Waals surface area (Å²) in [6.07, 6.45) is 5.37. The van der Waals surface area contributed by atoms with Gasteiger partial charge in [-0.25, -0.2) is 0 Å². The second kappa shape index (κ2) is 6.39. The van der Waals surface area contributed by atoms with Crippen molar-refractivity contribution >= 4 is 0 Å². The van der Waals surface area contributed by atoms with Gasteiger partial charge in [0.2, 0.25) is 0 Å². The topological polar surface area (TPSA) is 15.3 Å². The molecule has 0 bridgehead atoms. The first-order valence-electron chi connectivity index (χ1n) is 5.83. The Balaban J connectivity index is 2.35. The van der Waals surface area contributed by atoms with Crippen molar-refractivity contribution < 1.29 is 0 Å². The van der Waals surface area contributed by atoms with Crippen LogP contribution in [0.15, 0.2) is 0 Å². The molecule has 0 aromatic carbocycles. The molecule has 0 spiro atoms. The largest absolute Gasteiger partial charge is 0.317 e. The smallest absolute Gasteiger partial charge is 0.0108 e. The summed E-state index contributed by atoms with van der Waals surface area (Å²) in [7, 11) is 0. The normalized spacial score (nSPS) is 24.7. The van der Waals surface area contributed by atoms with Gasteiger partial charge < -0.3 is 10.2 Å². The summed E-state index contributed by atoms with van der Waals surface area (Å²) >= 11 is 0. The van der Waals surface area contributed by atoms with Crippen molar-refractivity contribution in [1.29, 1.82) is 0 Å². The minimum Gasteiger partial charge on any atom is -0.317 e. The van der Waals surface area contributed by atoms with Crippen LogP contribution in [-0.2, 0) is 0 Å². The zero-order valence-corrected chi connectivity index (χ0v) is 9.18. The lowest BCUT2D eigenvalue weighted by Gasteiger charge is -2.29. The lowest BCUT2D eigenvalue weighted by atomic mass is 10.1. The molecule has 0 amide bonds. The van der Waals surface area contributed by atoms with Crippen LogP contribution in [0.4, 0.5) is 0 Å². The van der Waals surface area contributed by atoms with Gasteiger partial charge in [-0.1, -0.05) is 13.8 Å². The summed E-state index contributed by atoms with van der Waals surface area (Å²) in [6, 6.07) is 0.847. The first-order valence-corrected chi connectivity index (χ1v) is 5.83. The standard InChI is InChI=1S/C11H24N2/c1-3-10-13(4-2)11-6-5-8-12-9-7-11/h11-12H,3-10H2,1-2H3. The molecule has 1 aliphatic heterocycles. The summed E-state index contributed by atoms with van der Waals surface area (Å²) in [5, 5.41) is 3.47. The molecule has 1 N–H and O–H groups in total. The van der Waals surface area contributed by atoms with Crippen LogP contribution in [0.5, 0.6) is 0 Å². The molecule has 0 aromatic rings. The van der Waals surface area contributed by atoms with Gasteiger partial charge in [0.15, 0.2) is 0 Å². The van der Waals surface area contributed by atoms with Crippen molar-refractivity contribution in [3.05, 3.63) is 0 Å². The highest BCUT2D eigenvalue weighted by Crippen LogP contribution is 2.13. The van der Waals surface area contributed by atoms with Crippen molar-refractivity contribution in [3.63, 3.8) is 0 Å². The summed E-state index contributed by atoms with van der Waals surface area (Å²) in [4.78, 5) is 2.65. The van der Waals surface area contributed by atoms with Crippen molar-refractivity contribution in [2.75, 3.05) is 26.2 Å². The van der Waals surface area contributed by atoms with Gasteiger partial charge in [-0.15, -0.1) is 0 Å². The fourth-order valence-electron chi connectivity index (χ4n) is 2.25. The number of nitrogens with one attached hydrogen (secondary N) is 1. The van der Waals surface area contributed by atoms with Crippen molar-refractivity contribution in [2.45, 2.75) is 45.6 Å². The minimum atomic E-state index is 0.847. The van der Waals surface area contributed by atoms with Crippen LogP contribution < -0.4 is 5.32 Å². The molecule has 1 atom stereocenters. The van der Waals surface area contributed by atoms with Crippen molar-refractivity contribution in [1.82, 2.24) is 10.2 Å². The van der Waals surface area contributed by atoms with Gasteiger partial charge in [0.05, 0.1) is 0 Å². The van der Waals surface area contributed by atoms with Crippen LogP contribution in [0.25, 0.3) is 0 Å². The molecule has 1 fully saturated rings. The van der Waals surface area contributed by atoms with E-state index in [9.17, 15) is 0 Å². The molecule has 78 valence electrons. The van der Waals surface area contributed by atoms with Crippen molar-refractivity contribution in [2.24, 2.45) is 0 Å². The zero-order chi connectivity index (χ0) is 9.52. The van der Waals surface area contributed by atoms with Crippen LogP contribution in [0.2, 0.25) is 0 Å². The Hall–Kier alpha value is -0.0800. The third-order valence-corrected chi connectivity index (χ3v) is 2.98. The lowest BCUT2D eigenvalue weighted by Crippen LogP contribution is -2.36. The number of hydrogen-bond donors (Lipinski definition) is 1. The molecule has 1 unspecified atom stereocenters. The first-order chi connectivity index (χ1) is 6.38. The molecule has 2 nitrogen and oxygen atoms in total. The number of nitrogens with zero attached hydrogens (tertiary/aromatic N) is 1. The number of rotatable bonds is 4.